The first-order chi connectivity index (χ1) is 10.7. The molecule has 0 aliphatic carbocycles. The van der Waals surface area contributed by atoms with Crippen LogP contribution in [0.5, 0.6) is 0 Å². The Bertz CT molecular complexity index is 782. The zero-order valence-corrected chi connectivity index (χ0v) is 14.1. The highest BCUT2D eigenvalue weighted by atomic mass is 32.1. The van der Waals surface area contributed by atoms with Gasteiger partial charge in [-0.25, -0.2) is 9.97 Å². The number of benzene rings is 1. The molecule has 3 heterocycles. The molecule has 114 valence electrons. The van der Waals surface area contributed by atoms with Gasteiger partial charge < -0.3 is 5.73 Å². The number of nitrogens with two attached hydrogens (primary N) is 1. The lowest BCUT2D eigenvalue weighted by Crippen LogP contribution is -2.29. The molecule has 0 spiro atoms. The van der Waals surface area contributed by atoms with Crippen LogP contribution in [-0.2, 0) is 12.8 Å². The van der Waals surface area contributed by atoms with Gasteiger partial charge in [-0.2, -0.15) is 0 Å². The number of anilines is 1. The fourth-order valence-corrected chi connectivity index (χ4v) is 4.66. The summed E-state index contributed by atoms with van der Waals surface area (Å²) in [5.41, 5.74) is 11.4. The molecule has 2 N–H and O–H groups in total. The number of aromatic nitrogens is 2. The second kappa shape index (κ2) is 5.61. The molecule has 0 saturated heterocycles. The van der Waals surface area contributed by atoms with Gasteiger partial charge in [0.15, 0.2) is 5.13 Å². The minimum absolute atomic E-state index is 0.400. The van der Waals surface area contributed by atoms with Crippen molar-refractivity contribution in [3.8, 4) is 0 Å². The summed E-state index contributed by atoms with van der Waals surface area (Å²) in [5.74, 6) is 0. The Morgan fingerprint density at radius 3 is 3.05 bits per heavy atom. The van der Waals surface area contributed by atoms with Crippen molar-refractivity contribution in [2.75, 3.05) is 18.8 Å². The Morgan fingerprint density at radius 1 is 1.27 bits per heavy atom. The summed E-state index contributed by atoms with van der Waals surface area (Å²) in [4.78, 5) is 12.8. The van der Waals surface area contributed by atoms with E-state index >= 15 is 0 Å². The van der Waals surface area contributed by atoms with E-state index in [0.29, 0.717) is 11.2 Å². The lowest BCUT2D eigenvalue weighted by molar-refractivity contribution is 0.221. The van der Waals surface area contributed by atoms with Gasteiger partial charge in [-0.15, -0.1) is 22.7 Å². The lowest BCUT2D eigenvalue weighted by atomic mass is 10.1. The van der Waals surface area contributed by atoms with Crippen LogP contribution >= 0.6 is 22.7 Å². The molecule has 4 rings (SSSR count). The quantitative estimate of drug-likeness (QED) is 0.781. The fraction of sp³-hybridized carbons (Fsp3) is 0.375. The van der Waals surface area contributed by atoms with Gasteiger partial charge >= 0.3 is 0 Å². The van der Waals surface area contributed by atoms with E-state index in [1.165, 1.54) is 20.8 Å². The number of hydrogen-bond acceptors (Lipinski definition) is 6. The highest BCUT2D eigenvalue weighted by Gasteiger charge is 2.22. The number of rotatable bonds is 2. The van der Waals surface area contributed by atoms with Crippen LogP contribution in [0.15, 0.2) is 23.7 Å². The van der Waals surface area contributed by atoms with Crippen molar-refractivity contribution in [1.29, 1.82) is 0 Å². The largest absolute Gasteiger partial charge is 0.375 e. The molecule has 0 saturated carbocycles. The van der Waals surface area contributed by atoms with E-state index in [1.54, 1.807) is 22.7 Å². The van der Waals surface area contributed by atoms with Crippen LogP contribution in [0, 0.1) is 0 Å². The number of nitrogen functional groups attached to an aromatic ring is 1. The molecule has 2 aromatic heterocycles. The van der Waals surface area contributed by atoms with Crippen LogP contribution in [0.3, 0.4) is 0 Å². The summed E-state index contributed by atoms with van der Waals surface area (Å²) in [7, 11) is 0. The van der Waals surface area contributed by atoms with Crippen LogP contribution in [-0.4, -0.2) is 28.0 Å². The topological polar surface area (TPSA) is 55.0 Å². The van der Waals surface area contributed by atoms with Gasteiger partial charge in [-0.1, -0.05) is 6.07 Å². The van der Waals surface area contributed by atoms with Crippen molar-refractivity contribution in [2.45, 2.75) is 25.8 Å². The molecule has 0 amide bonds. The molecule has 1 aliphatic rings. The van der Waals surface area contributed by atoms with Gasteiger partial charge in [-0.3, -0.25) is 4.90 Å². The first-order valence-corrected chi connectivity index (χ1v) is 9.21. The van der Waals surface area contributed by atoms with E-state index in [1.807, 2.05) is 5.51 Å². The monoisotopic (exact) mass is 330 g/mol. The molecule has 6 heteroatoms. The first kappa shape index (κ1) is 14.1. The van der Waals surface area contributed by atoms with Crippen molar-refractivity contribution in [3.63, 3.8) is 0 Å². The van der Waals surface area contributed by atoms with Crippen molar-refractivity contribution >= 4 is 38.0 Å². The summed E-state index contributed by atoms with van der Waals surface area (Å²) in [6, 6.07) is 7.06. The molecule has 1 aromatic carbocycles. The molecule has 4 nitrogen and oxygen atoms in total. The second-order valence-corrected chi connectivity index (χ2v) is 7.71. The normalized spacial score (nSPS) is 17.3. The maximum absolute atomic E-state index is 5.83. The van der Waals surface area contributed by atoms with Crippen LogP contribution in [0.2, 0.25) is 0 Å². The number of fused-ring (bicyclic) bond motifs is 2. The van der Waals surface area contributed by atoms with Gasteiger partial charge in [-0.05, 0) is 31.0 Å². The number of nitrogens with zero attached hydrogens (tertiary/aromatic N) is 3. The molecule has 1 atom stereocenters. The maximum Gasteiger partial charge on any atom is 0.180 e. The Hall–Kier alpha value is -1.50. The van der Waals surface area contributed by atoms with Gasteiger partial charge in [0.2, 0.25) is 0 Å². The van der Waals surface area contributed by atoms with Gasteiger partial charge in [0.25, 0.3) is 0 Å². The summed E-state index contributed by atoms with van der Waals surface area (Å²) in [6.45, 7) is 4.38. The van der Waals surface area contributed by atoms with E-state index in [-0.39, 0.29) is 0 Å². The highest BCUT2D eigenvalue weighted by Crippen LogP contribution is 2.29. The average molecular weight is 330 g/mol. The van der Waals surface area contributed by atoms with Gasteiger partial charge in [0.1, 0.15) is 0 Å². The zero-order valence-electron chi connectivity index (χ0n) is 12.5. The van der Waals surface area contributed by atoms with Crippen molar-refractivity contribution in [2.24, 2.45) is 0 Å². The molecule has 3 aromatic rings. The first-order valence-electron chi connectivity index (χ1n) is 7.52. The standard InChI is InChI=1S/C16H18N4S2/c1-10(11-2-3-14-13(8-11)18-9-21-14)20-6-4-12-15(5-7-20)22-16(17)19-12/h2-3,8-10H,4-7H2,1H3,(H2,17,19). The summed E-state index contributed by atoms with van der Waals surface area (Å²) in [6.07, 6.45) is 2.04. The number of hydrogen-bond donors (Lipinski definition) is 1. The Labute approximate surface area is 137 Å². The van der Waals surface area contributed by atoms with Crippen LogP contribution in [0.25, 0.3) is 10.2 Å². The highest BCUT2D eigenvalue weighted by molar-refractivity contribution is 7.16. The van der Waals surface area contributed by atoms with Crippen molar-refractivity contribution in [1.82, 2.24) is 14.9 Å². The molecular formula is C16H18N4S2. The summed E-state index contributed by atoms with van der Waals surface area (Å²) >= 11 is 3.34. The smallest absolute Gasteiger partial charge is 0.180 e. The molecule has 1 aliphatic heterocycles. The molecule has 22 heavy (non-hydrogen) atoms. The number of thiazole rings is 2. The molecule has 1 unspecified atom stereocenters. The predicted octanol–water partition coefficient (Wildman–Crippen LogP) is 3.50. The average Bonchev–Trinajstić information content (AvgIpc) is 3.07. The van der Waals surface area contributed by atoms with Crippen LogP contribution in [0.4, 0.5) is 5.13 Å². The minimum Gasteiger partial charge on any atom is -0.375 e. The lowest BCUT2D eigenvalue weighted by Gasteiger charge is -2.27. The zero-order chi connectivity index (χ0) is 15.1. The van der Waals surface area contributed by atoms with Crippen molar-refractivity contribution in [3.05, 3.63) is 39.8 Å². The van der Waals surface area contributed by atoms with E-state index in [2.05, 4.69) is 40.0 Å². The summed E-state index contributed by atoms with van der Waals surface area (Å²) < 4.78 is 1.26. The minimum atomic E-state index is 0.400. The Morgan fingerprint density at radius 2 is 2.14 bits per heavy atom. The molecular weight excluding hydrogens is 312 g/mol. The molecule has 0 radical (unpaired) electrons. The van der Waals surface area contributed by atoms with E-state index in [4.69, 9.17) is 5.73 Å². The van der Waals surface area contributed by atoms with E-state index < -0.39 is 0 Å². The third kappa shape index (κ3) is 2.51. The third-order valence-electron chi connectivity index (χ3n) is 4.44. The predicted molar refractivity (Wildman–Crippen MR) is 93.5 cm³/mol. The second-order valence-electron chi connectivity index (χ2n) is 5.71. The third-order valence-corrected chi connectivity index (χ3v) is 6.24. The summed E-state index contributed by atoms with van der Waals surface area (Å²) in [5, 5.41) is 0.709. The van der Waals surface area contributed by atoms with Crippen LogP contribution in [0.1, 0.15) is 29.1 Å². The Kier molecular flexibility index (Phi) is 3.60. The molecule has 0 bridgehead atoms. The van der Waals surface area contributed by atoms with Gasteiger partial charge in [0, 0.05) is 30.4 Å². The van der Waals surface area contributed by atoms with Crippen molar-refractivity contribution < 1.29 is 0 Å². The van der Waals surface area contributed by atoms with Gasteiger partial charge in [0.05, 0.1) is 21.4 Å². The fourth-order valence-electron chi connectivity index (χ4n) is 3.13. The van der Waals surface area contributed by atoms with Crippen LogP contribution < -0.4 is 5.73 Å². The van der Waals surface area contributed by atoms with E-state index in [9.17, 15) is 0 Å². The Balaban J connectivity index is 1.55. The molecule has 0 fully saturated rings. The maximum atomic E-state index is 5.83. The van der Waals surface area contributed by atoms with E-state index in [0.717, 1.165) is 31.4 Å². The SMILES string of the molecule is CC(c1ccc2scnc2c1)N1CCc2nc(N)sc2CC1.